The lowest BCUT2D eigenvalue weighted by Crippen LogP contribution is -2.33. The van der Waals surface area contributed by atoms with Gasteiger partial charge in [-0.25, -0.2) is 0 Å². The maximum absolute atomic E-state index is 5.63. The lowest BCUT2D eigenvalue weighted by atomic mass is 9.98. The van der Waals surface area contributed by atoms with Crippen LogP contribution in [0.5, 0.6) is 0 Å². The van der Waals surface area contributed by atoms with Gasteiger partial charge in [-0.3, -0.25) is 11.3 Å². The molecule has 0 bridgehead atoms. The average molecular weight is 291 g/mol. The predicted molar refractivity (Wildman–Crippen MR) is 65.7 cm³/mol. The number of nitrogens with two attached hydrogens (primary N) is 1. The van der Waals surface area contributed by atoms with Crippen molar-refractivity contribution in [3.63, 3.8) is 0 Å². The van der Waals surface area contributed by atoms with Gasteiger partial charge in [0, 0.05) is 17.4 Å². The normalized spacial score (nSPS) is 23.3. The monoisotopic (exact) mass is 290 g/mol. The molecule has 2 atom stereocenters. The van der Waals surface area contributed by atoms with Crippen LogP contribution in [0.25, 0.3) is 0 Å². The van der Waals surface area contributed by atoms with E-state index in [0.717, 1.165) is 19.6 Å². The number of hydrogen-bond acceptors (Lipinski definition) is 4. The van der Waals surface area contributed by atoms with Crippen molar-refractivity contribution in [1.82, 2.24) is 5.43 Å². The number of thiophene rings is 1. The van der Waals surface area contributed by atoms with Crippen LogP contribution in [-0.2, 0) is 4.74 Å². The van der Waals surface area contributed by atoms with Crippen molar-refractivity contribution >= 4 is 27.3 Å². The summed E-state index contributed by atoms with van der Waals surface area (Å²) in [5.41, 5.74) is 4.18. The van der Waals surface area contributed by atoms with Crippen molar-refractivity contribution in [2.45, 2.75) is 19.4 Å². The molecule has 5 heteroatoms. The predicted octanol–water partition coefficient (Wildman–Crippen LogP) is 2.36. The molecule has 3 nitrogen and oxygen atoms in total. The molecular formula is C10H15BrN2OS. The molecular weight excluding hydrogens is 276 g/mol. The third kappa shape index (κ3) is 2.42. The highest BCUT2D eigenvalue weighted by Gasteiger charge is 2.27. The van der Waals surface area contributed by atoms with Crippen LogP contribution in [0.3, 0.4) is 0 Å². The van der Waals surface area contributed by atoms with Crippen LogP contribution in [-0.4, -0.2) is 13.2 Å². The Kier molecular flexibility index (Phi) is 3.79. The molecule has 0 amide bonds. The Labute approximate surface area is 102 Å². The molecule has 1 aliphatic heterocycles. The zero-order chi connectivity index (χ0) is 10.8. The molecule has 0 saturated carbocycles. The van der Waals surface area contributed by atoms with Crippen molar-refractivity contribution < 1.29 is 4.74 Å². The molecule has 2 heterocycles. The first-order chi connectivity index (χ1) is 7.22. The molecule has 84 valence electrons. The second-order valence-electron chi connectivity index (χ2n) is 3.87. The lowest BCUT2D eigenvalue weighted by molar-refractivity contribution is 0.177. The number of nitrogens with one attached hydrogen (secondary N) is 1. The maximum atomic E-state index is 5.63. The van der Waals surface area contributed by atoms with Crippen LogP contribution < -0.4 is 11.3 Å². The molecule has 0 aromatic carbocycles. The highest BCUT2D eigenvalue weighted by atomic mass is 79.9. The lowest BCUT2D eigenvalue weighted by Gasteiger charge is -2.19. The minimum Gasteiger partial charge on any atom is -0.381 e. The number of hydrogen-bond donors (Lipinski definition) is 2. The van der Waals surface area contributed by atoms with Crippen molar-refractivity contribution in [1.29, 1.82) is 0 Å². The summed E-state index contributed by atoms with van der Waals surface area (Å²) in [7, 11) is 0. The van der Waals surface area contributed by atoms with E-state index in [1.54, 1.807) is 11.3 Å². The SMILES string of the molecule is Cc1cc(C(NN)C2CCOC2)sc1Br. The first kappa shape index (κ1) is 11.5. The Morgan fingerprint density at radius 3 is 3.00 bits per heavy atom. The highest BCUT2D eigenvalue weighted by Crippen LogP contribution is 2.36. The Hall–Kier alpha value is 0.0600. The summed E-state index contributed by atoms with van der Waals surface area (Å²) in [6.45, 7) is 3.76. The van der Waals surface area contributed by atoms with E-state index < -0.39 is 0 Å². The fourth-order valence-corrected chi connectivity index (χ4v) is 3.63. The van der Waals surface area contributed by atoms with Crippen LogP contribution in [0, 0.1) is 12.8 Å². The fraction of sp³-hybridized carbons (Fsp3) is 0.600. The van der Waals surface area contributed by atoms with E-state index >= 15 is 0 Å². The molecule has 2 rings (SSSR count). The van der Waals surface area contributed by atoms with Crippen molar-refractivity contribution in [3.05, 3.63) is 20.3 Å². The third-order valence-corrected chi connectivity index (χ3v) is 5.02. The van der Waals surface area contributed by atoms with Crippen molar-refractivity contribution in [2.75, 3.05) is 13.2 Å². The minimum absolute atomic E-state index is 0.225. The molecule has 1 aliphatic rings. The van der Waals surface area contributed by atoms with E-state index in [-0.39, 0.29) is 6.04 Å². The molecule has 2 unspecified atom stereocenters. The van der Waals surface area contributed by atoms with Crippen LogP contribution in [0.2, 0.25) is 0 Å². The van der Waals surface area contributed by atoms with Crippen LogP contribution >= 0.6 is 27.3 Å². The van der Waals surface area contributed by atoms with Gasteiger partial charge in [0.05, 0.1) is 16.4 Å². The number of rotatable bonds is 3. The van der Waals surface area contributed by atoms with Crippen LogP contribution in [0.4, 0.5) is 0 Å². The van der Waals surface area contributed by atoms with E-state index in [1.165, 1.54) is 14.2 Å². The molecule has 1 fully saturated rings. The van der Waals surface area contributed by atoms with Gasteiger partial charge in [0.25, 0.3) is 0 Å². The summed E-state index contributed by atoms with van der Waals surface area (Å²) in [6, 6.07) is 2.42. The van der Waals surface area contributed by atoms with Gasteiger partial charge < -0.3 is 4.74 Å². The largest absolute Gasteiger partial charge is 0.381 e. The Morgan fingerprint density at radius 1 is 1.73 bits per heavy atom. The summed E-state index contributed by atoms with van der Waals surface area (Å²) >= 11 is 5.29. The van der Waals surface area contributed by atoms with E-state index in [1.807, 2.05) is 0 Å². The Balaban J connectivity index is 2.18. The summed E-state index contributed by atoms with van der Waals surface area (Å²) < 4.78 is 6.59. The first-order valence-corrected chi connectivity index (χ1v) is 6.63. The maximum Gasteiger partial charge on any atom is 0.0731 e. The van der Waals surface area contributed by atoms with Gasteiger partial charge in [0.15, 0.2) is 0 Å². The molecule has 0 spiro atoms. The van der Waals surface area contributed by atoms with Gasteiger partial charge in [-0.15, -0.1) is 11.3 Å². The van der Waals surface area contributed by atoms with Gasteiger partial charge in [-0.05, 0) is 40.9 Å². The molecule has 1 aromatic rings. The van der Waals surface area contributed by atoms with Gasteiger partial charge in [0.1, 0.15) is 0 Å². The zero-order valence-electron chi connectivity index (χ0n) is 8.63. The van der Waals surface area contributed by atoms with Gasteiger partial charge >= 0.3 is 0 Å². The molecule has 15 heavy (non-hydrogen) atoms. The second kappa shape index (κ2) is 4.93. The van der Waals surface area contributed by atoms with Gasteiger partial charge in [0.2, 0.25) is 0 Å². The molecule has 0 aliphatic carbocycles. The van der Waals surface area contributed by atoms with E-state index in [9.17, 15) is 0 Å². The first-order valence-electron chi connectivity index (χ1n) is 5.02. The molecule has 1 saturated heterocycles. The summed E-state index contributed by atoms with van der Waals surface area (Å²) in [5, 5.41) is 0. The number of halogens is 1. The standard InChI is InChI=1S/C10H15BrN2OS/c1-6-4-8(15-10(6)11)9(13-12)7-2-3-14-5-7/h4,7,9,13H,2-3,5,12H2,1H3. The second-order valence-corrected chi connectivity index (χ2v) is 6.28. The molecule has 3 N–H and O–H groups in total. The average Bonchev–Trinajstić information content (AvgIpc) is 2.80. The smallest absolute Gasteiger partial charge is 0.0731 e. The van der Waals surface area contributed by atoms with E-state index in [4.69, 9.17) is 10.6 Å². The number of aryl methyl sites for hydroxylation is 1. The fourth-order valence-electron chi connectivity index (χ4n) is 1.90. The summed E-state index contributed by atoms with van der Waals surface area (Å²) in [6.07, 6.45) is 1.09. The Morgan fingerprint density at radius 2 is 2.53 bits per heavy atom. The number of hydrazine groups is 1. The summed E-state index contributed by atoms with van der Waals surface area (Å²) in [5.74, 6) is 6.13. The Bertz CT molecular complexity index is 317. The molecule has 1 aromatic heterocycles. The van der Waals surface area contributed by atoms with E-state index in [2.05, 4.69) is 34.3 Å². The van der Waals surface area contributed by atoms with E-state index in [0.29, 0.717) is 5.92 Å². The van der Waals surface area contributed by atoms with Crippen LogP contribution in [0.1, 0.15) is 22.9 Å². The number of ether oxygens (including phenoxy) is 1. The van der Waals surface area contributed by atoms with Crippen molar-refractivity contribution in [2.24, 2.45) is 11.8 Å². The topological polar surface area (TPSA) is 47.3 Å². The zero-order valence-corrected chi connectivity index (χ0v) is 11.0. The van der Waals surface area contributed by atoms with Crippen molar-refractivity contribution in [3.8, 4) is 0 Å². The quantitative estimate of drug-likeness (QED) is 0.664. The van der Waals surface area contributed by atoms with Crippen LogP contribution in [0.15, 0.2) is 9.85 Å². The highest BCUT2D eigenvalue weighted by molar-refractivity contribution is 9.11. The third-order valence-electron chi connectivity index (χ3n) is 2.80. The van der Waals surface area contributed by atoms with Gasteiger partial charge in [-0.1, -0.05) is 0 Å². The van der Waals surface area contributed by atoms with Gasteiger partial charge in [-0.2, -0.15) is 0 Å². The minimum atomic E-state index is 0.225. The summed E-state index contributed by atoms with van der Waals surface area (Å²) in [4.78, 5) is 1.29. The molecule has 0 radical (unpaired) electrons.